The van der Waals surface area contributed by atoms with Crippen molar-refractivity contribution in [2.45, 2.75) is 6.92 Å². The van der Waals surface area contributed by atoms with Crippen LogP contribution in [0.5, 0.6) is 0 Å². The van der Waals surface area contributed by atoms with Gasteiger partial charge in [0.25, 0.3) is 0 Å². The Bertz CT molecular complexity index is 224. The molecule has 2 nitrogen and oxygen atoms in total. The van der Waals surface area contributed by atoms with E-state index in [1.807, 2.05) is 6.08 Å². The van der Waals surface area contributed by atoms with Crippen LogP contribution in [0.25, 0.3) is 0 Å². The number of rotatable bonds is 3. The van der Waals surface area contributed by atoms with Crippen molar-refractivity contribution in [3.63, 3.8) is 0 Å². The van der Waals surface area contributed by atoms with Crippen molar-refractivity contribution in [1.29, 1.82) is 0 Å². The predicted molar refractivity (Wildman–Crippen MR) is 55.5 cm³/mol. The van der Waals surface area contributed by atoms with Crippen molar-refractivity contribution in [3.05, 3.63) is 36.6 Å². The standard InChI is InChI=1S/C11H17NO/c1-4-5-10(2)11(3)12-6-8-13-9-7-12/h4-5H,1,3,6-9H2,2H3/b10-5-. The lowest BCUT2D eigenvalue weighted by Crippen LogP contribution is -2.35. The third-order valence-electron chi connectivity index (χ3n) is 2.22. The van der Waals surface area contributed by atoms with Gasteiger partial charge >= 0.3 is 0 Å². The number of hydrogen-bond donors (Lipinski definition) is 0. The Labute approximate surface area is 80.2 Å². The van der Waals surface area contributed by atoms with Crippen molar-refractivity contribution in [3.8, 4) is 0 Å². The number of hydrogen-bond acceptors (Lipinski definition) is 2. The third-order valence-corrected chi connectivity index (χ3v) is 2.22. The average molecular weight is 179 g/mol. The van der Waals surface area contributed by atoms with Crippen LogP contribution in [0, 0.1) is 0 Å². The quantitative estimate of drug-likeness (QED) is 0.614. The molecule has 0 aromatic heterocycles. The van der Waals surface area contributed by atoms with Crippen LogP contribution in [0.15, 0.2) is 36.6 Å². The maximum absolute atomic E-state index is 5.27. The van der Waals surface area contributed by atoms with E-state index in [0.29, 0.717) is 0 Å². The van der Waals surface area contributed by atoms with Crippen LogP contribution in [-0.4, -0.2) is 31.2 Å². The van der Waals surface area contributed by atoms with Gasteiger partial charge in [-0.3, -0.25) is 0 Å². The van der Waals surface area contributed by atoms with Crippen LogP contribution >= 0.6 is 0 Å². The molecular weight excluding hydrogens is 162 g/mol. The number of morpholine rings is 1. The summed E-state index contributed by atoms with van der Waals surface area (Å²) < 4.78 is 5.27. The van der Waals surface area contributed by atoms with Gasteiger partial charge < -0.3 is 9.64 Å². The molecule has 1 aliphatic rings. The Morgan fingerprint density at radius 2 is 2.00 bits per heavy atom. The molecule has 0 aromatic rings. The topological polar surface area (TPSA) is 12.5 Å². The molecule has 1 rings (SSSR count). The largest absolute Gasteiger partial charge is 0.378 e. The molecule has 0 aliphatic carbocycles. The first-order valence-corrected chi connectivity index (χ1v) is 4.57. The van der Waals surface area contributed by atoms with Gasteiger partial charge in [-0.05, 0) is 12.5 Å². The van der Waals surface area contributed by atoms with E-state index >= 15 is 0 Å². The molecule has 1 fully saturated rings. The summed E-state index contributed by atoms with van der Waals surface area (Å²) in [5.74, 6) is 0. The lowest BCUT2D eigenvalue weighted by atomic mass is 10.2. The first kappa shape index (κ1) is 10.1. The molecule has 0 radical (unpaired) electrons. The van der Waals surface area contributed by atoms with E-state index in [2.05, 4.69) is 25.0 Å². The second kappa shape index (κ2) is 4.87. The SMILES string of the molecule is C=C/C=C(/C)C(=C)N1CCOCC1. The Morgan fingerprint density at radius 1 is 1.38 bits per heavy atom. The highest BCUT2D eigenvalue weighted by atomic mass is 16.5. The van der Waals surface area contributed by atoms with Crippen LogP contribution in [0.2, 0.25) is 0 Å². The van der Waals surface area contributed by atoms with E-state index in [9.17, 15) is 0 Å². The summed E-state index contributed by atoms with van der Waals surface area (Å²) in [6, 6.07) is 0. The summed E-state index contributed by atoms with van der Waals surface area (Å²) in [6.07, 6.45) is 3.78. The fourth-order valence-corrected chi connectivity index (χ4v) is 1.36. The first-order chi connectivity index (χ1) is 6.25. The molecular formula is C11H17NO. The van der Waals surface area contributed by atoms with Crippen molar-refractivity contribution in [2.75, 3.05) is 26.3 Å². The van der Waals surface area contributed by atoms with Crippen molar-refractivity contribution in [1.82, 2.24) is 4.90 Å². The molecule has 1 heterocycles. The molecule has 0 atom stereocenters. The molecule has 0 spiro atoms. The Balaban J connectivity index is 2.55. The van der Waals surface area contributed by atoms with Gasteiger partial charge in [-0.15, -0.1) is 0 Å². The van der Waals surface area contributed by atoms with E-state index in [1.54, 1.807) is 6.08 Å². The lowest BCUT2D eigenvalue weighted by Gasteiger charge is -2.30. The average Bonchev–Trinajstić information content (AvgIpc) is 2.18. The summed E-state index contributed by atoms with van der Waals surface area (Å²) in [7, 11) is 0. The van der Waals surface area contributed by atoms with Gasteiger partial charge in [-0.25, -0.2) is 0 Å². The predicted octanol–water partition coefficient (Wildman–Crippen LogP) is 1.96. The van der Waals surface area contributed by atoms with Gasteiger partial charge in [-0.1, -0.05) is 25.3 Å². The van der Waals surface area contributed by atoms with Crippen LogP contribution < -0.4 is 0 Å². The summed E-state index contributed by atoms with van der Waals surface area (Å²) in [5.41, 5.74) is 2.26. The smallest absolute Gasteiger partial charge is 0.0642 e. The molecule has 0 unspecified atom stereocenters. The maximum Gasteiger partial charge on any atom is 0.0642 e. The van der Waals surface area contributed by atoms with Gasteiger partial charge in [0.15, 0.2) is 0 Å². The molecule has 72 valence electrons. The van der Waals surface area contributed by atoms with Crippen molar-refractivity contribution < 1.29 is 4.74 Å². The fraction of sp³-hybridized carbons (Fsp3) is 0.455. The zero-order valence-electron chi connectivity index (χ0n) is 8.25. The minimum Gasteiger partial charge on any atom is -0.378 e. The number of ether oxygens (including phenoxy) is 1. The van der Waals surface area contributed by atoms with Gasteiger partial charge in [0.05, 0.1) is 13.2 Å². The highest BCUT2D eigenvalue weighted by molar-refractivity contribution is 5.28. The molecule has 2 heteroatoms. The van der Waals surface area contributed by atoms with Crippen LogP contribution in [0.1, 0.15) is 6.92 Å². The van der Waals surface area contributed by atoms with Gasteiger partial charge in [0.2, 0.25) is 0 Å². The van der Waals surface area contributed by atoms with E-state index < -0.39 is 0 Å². The zero-order valence-corrected chi connectivity index (χ0v) is 8.25. The summed E-state index contributed by atoms with van der Waals surface area (Å²) >= 11 is 0. The normalized spacial score (nSPS) is 18.5. The van der Waals surface area contributed by atoms with Gasteiger partial charge in [0, 0.05) is 18.8 Å². The molecule has 0 saturated carbocycles. The third kappa shape index (κ3) is 2.74. The van der Waals surface area contributed by atoms with Crippen molar-refractivity contribution >= 4 is 0 Å². The second-order valence-corrected chi connectivity index (χ2v) is 3.13. The van der Waals surface area contributed by atoms with Gasteiger partial charge in [0.1, 0.15) is 0 Å². The van der Waals surface area contributed by atoms with E-state index in [4.69, 9.17) is 4.74 Å². The summed E-state index contributed by atoms with van der Waals surface area (Å²) in [5, 5.41) is 0. The van der Waals surface area contributed by atoms with E-state index in [1.165, 1.54) is 5.57 Å². The van der Waals surface area contributed by atoms with Gasteiger partial charge in [-0.2, -0.15) is 0 Å². The summed E-state index contributed by atoms with van der Waals surface area (Å²) in [4.78, 5) is 2.25. The first-order valence-electron chi connectivity index (χ1n) is 4.57. The second-order valence-electron chi connectivity index (χ2n) is 3.13. The Kier molecular flexibility index (Phi) is 3.77. The van der Waals surface area contributed by atoms with Crippen LogP contribution in [0.4, 0.5) is 0 Å². The summed E-state index contributed by atoms with van der Waals surface area (Å²) in [6.45, 7) is 13.3. The molecule has 0 aromatic carbocycles. The molecule has 0 amide bonds. The Hall–Kier alpha value is -1.02. The van der Waals surface area contributed by atoms with Crippen LogP contribution in [0.3, 0.4) is 0 Å². The van der Waals surface area contributed by atoms with Crippen molar-refractivity contribution in [2.24, 2.45) is 0 Å². The Morgan fingerprint density at radius 3 is 2.54 bits per heavy atom. The number of nitrogens with zero attached hydrogens (tertiary/aromatic N) is 1. The molecule has 13 heavy (non-hydrogen) atoms. The van der Waals surface area contributed by atoms with E-state index in [0.717, 1.165) is 32.0 Å². The van der Waals surface area contributed by atoms with Crippen LogP contribution in [-0.2, 0) is 4.74 Å². The zero-order chi connectivity index (χ0) is 9.68. The minimum atomic E-state index is 0.806. The molecule has 1 aliphatic heterocycles. The maximum atomic E-state index is 5.27. The fourth-order valence-electron chi connectivity index (χ4n) is 1.36. The van der Waals surface area contributed by atoms with E-state index in [-0.39, 0.29) is 0 Å². The molecule has 0 N–H and O–H groups in total. The highest BCUT2D eigenvalue weighted by Crippen LogP contribution is 2.14. The molecule has 1 saturated heterocycles. The highest BCUT2D eigenvalue weighted by Gasteiger charge is 2.12. The lowest BCUT2D eigenvalue weighted by molar-refractivity contribution is 0.0550. The number of allylic oxidation sites excluding steroid dienone is 3. The molecule has 0 bridgehead atoms. The monoisotopic (exact) mass is 179 g/mol. The minimum absolute atomic E-state index is 0.806.